The van der Waals surface area contributed by atoms with Gasteiger partial charge in [0.2, 0.25) is 0 Å². The van der Waals surface area contributed by atoms with Gasteiger partial charge in [-0.1, -0.05) is 6.92 Å². The van der Waals surface area contributed by atoms with Gasteiger partial charge in [-0.2, -0.15) is 0 Å². The van der Waals surface area contributed by atoms with Crippen molar-refractivity contribution in [3.8, 4) is 0 Å². The van der Waals surface area contributed by atoms with Gasteiger partial charge in [-0.3, -0.25) is 4.79 Å². The lowest BCUT2D eigenvalue weighted by Crippen LogP contribution is -2.48. The van der Waals surface area contributed by atoms with Crippen LogP contribution in [0.2, 0.25) is 0 Å². The Morgan fingerprint density at radius 2 is 2.17 bits per heavy atom. The second-order valence-electron chi connectivity index (χ2n) is 5.20. The molecule has 0 spiro atoms. The summed E-state index contributed by atoms with van der Waals surface area (Å²) in [6.07, 6.45) is 0.807. The smallest absolute Gasteiger partial charge is 0.253 e. The Kier molecular flexibility index (Phi) is 3.66. The molecular formula is C14H19FN2O. The third-order valence-corrected chi connectivity index (χ3v) is 3.55. The minimum Gasteiger partial charge on any atom is -0.338 e. The number of carbonyl (C=O) groups is 1. The summed E-state index contributed by atoms with van der Waals surface area (Å²) in [5.74, 6) is -0.172. The zero-order chi connectivity index (χ0) is 13.3. The molecule has 0 bridgehead atoms. The molecule has 0 aromatic heterocycles. The van der Waals surface area contributed by atoms with Gasteiger partial charge in [-0.25, -0.2) is 4.39 Å². The highest BCUT2D eigenvalue weighted by molar-refractivity contribution is 5.94. The lowest BCUT2D eigenvalue weighted by Gasteiger charge is -2.35. The maximum absolute atomic E-state index is 13.3. The summed E-state index contributed by atoms with van der Waals surface area (Å²) in [6, 6.07) is 4.60. The van der Waals surface area contributed by atoms with E-state index >= 15 is 0 Å². The molecule has 1 aromatic rings. The fraction of sp³-hybridized carbons (Fsp3) is 0.500. The largest absolute Gasteiger partial charge is 0.338 e. The molecule has 1 heterocycles. The first-order chi connectivity index (χ1) is 8.47. The van der Waals surface area contributed by atoms with E-state index in [1.165, 1.54) is 12.1 Å². The molecule has 2 rings (SSSR count). The van der Waals surface area contributed by atoms with Gasteiger partial charge in [-0.15, -0.1) is 0 Å². The molecule has 0 radical (unpaired) electrons. The van der Waals surface area contributed by atoms with Gasteiger partial charge >= 0.3 is 0 Å². The van der Waals surface area contributed by atoms with Crippen molar-refractivity contribution in [1.82, 2.24) is 4.90 Å². The predicted octanol–water partition coefficient (Wildman–Crippen LogP) is 1.94. The summed E-state index contributed by atoms with van der Waals surface area (Å²) < 4.78 is 13.3. The van der Waals surface area contributed by atoms with Crippen LogP contribution in [-0.2, 0) is 0 Å². The third-order valence-electron chi connectivity index (χ3n) is 3.55. The number of likely N-dealkylation sites (tertiary alicyclic amines) is 1. The van der Waals surface area contributed by atoms with Crippen molar-refractivity contribution in [3.63, 3.8) is 0 Å². The Bertz CT molecular complexity index is 441. The molecule has 1 fully saturated rings. The summed E-state index contributed by atoms with van der Waals surface area (Å²) in [5.41, 5.74) is 7.12. The topological polar surface area (TPSA) is 46.3 Å². The van der Waals surface area contributed by atoms with Crippen LogP contribution in [-0.4, -0.2) is 29.9 Å². The number of hydrogen-bond donors (Lipinski definition) is 1. The minimum atomic E-state index is -0.361. The SMILES string of the molecule is Cc1cc(F)cc(C(=O)N2CCC(N)C(C)C2)c1. The lowest BCUT2D eigenvalue weighted by molar-refractivity contribution is 0.0663. The second-order valence-corrected chi connectivity index (χ2v) is 5.20. The highest BCUT2D eigenvalue weighted by Crippen LogP contribution is 2.18. The summed E-state index contributed by atoms with van der Waals surface area (Å²) in [5, 5.41) is 0. The number of aryl methyl sites for hydroxylation is 1. The van der Waals surface area contributed by atoms with Gasteiger partial charge in [0.05, 0.1) is 0 Å². The average molecular weight is 250 g/mol. The van der Waals surface area contributed by atoms with Crippen LogP contribution in [0.4, 0.5) is 4.39 Å². The Labute approximate surface area is 107 Å². The molecule has 18 heavy (non-hydrogen) atoms. The Morgan fingerprint density at radius 1 is 1.44 bits per heavy atom. The van der Waals surface area contributed by atoms with Crippen LogP contribution in [0.1, 0.15) is 29.3 Å². The molecule has 2 atom stereocenters. The van der Waals surface area contributed by atoms with E-state index in [0.717, 1.165) is 12.0 Å². The van der Waals surface area contributed by atoms with Crippen LogP contribution in [0, 0.1) is 18.7 Å². The molecule has 1 aromatic carbocycles. The van der Waals surface area contributed by atoms with Crippen molar-refractivity contribution in [1.29, 1.82) is 0 Å². The molecule has 4 heteroatoms. The van der Waals surface area contributed by atoms with Gasteiger partial charge in [0.25, 0.3) is 5.91 Å². The number of benzene rings is 1. The van der Waals surface area contributed by atoms with E-state index < -0.39 is 0 Å². The quantitative estimate of drug-likeness (QED) is 0.828. The van der Waals surface area contributed by atoms with E-state index in [9.17, 15) is 9.18 Å². The molecule has 1 amide bonds. The molecule has 1 aliphatic heterocycles. The number of amides is 1. The van der Waals surface area contributed by atoms with E-state index in [-0.39, 0.29) is 23.7 Å². The van der Waals surface area contributed by atoms with Crippen LogP contribution >= 0.6 is 0 Å². The van der Waals surface area contributed by atoms with Gasteiger partial charge in [0.15, 0.2) is 0 Å². The zero-order valence-electron chi connectivity index (χ0n) is 10.8. The monoisotopic (exact) mass is 250 g/mol. The highest BCUT2D eigenvalue weighted by atomic mass is 19.1. The second kappa shape index (κ2) is 5.06. The van der Waals surface area contributed by atoms with Gasteiger partial charge in [0.1, 0.15) is 5.82 Å². The normalized spacial score (nSPS) is 24.1. The van der Waals surface area contributed by atoms with Crippen LogP contribution in [0.3, 0.4) is 0 Å². The van der Waals surface area contributed by atoms with Crippen molar-refractivity contribution in [2.45, 2.75) is 26.3 Å². The first-order valence-electron chi connectivity index (χ1n) is 6.29. The van der Waals surface area contributed by atoms with Crippen molar-refractivity contribution >= 4 is 5.91 Å². The maximum Gasteiger partial charge on any atom is 0.253 e. The lowest BCUT2D eigenvalue weighted by atomic mass is 9.94. The maximum atomic E-state index is 13.3. The van der Waals surface area contributed by atoms with E-state index in [1.54, 1.807) is 17.9 Å². The number of carbonyl (C=O) groups excluding carboxylic acids is 1. The summed E-state index contributed by atoms with van der Waals surface area (Å²) in [6.45, 7) is 5.13. The molecule has 2 unspecified atom stereocenters. The first-order valence-corrected chi connectivity index (χ1v) is 6.29. The number of nitrogens with two attached hydrogens (primary N) is 1. The highest BCUT2D eigenvalue weighted by Gasteiger charge is 2.27. The van der Waals surface area contributed by atoms with E-state index in [1.807, 2.05) is 6.92 Å². The number of rotatable bonds is 1. The average Bonchev–Trinajstić information content (AvgIpc) is 2.30. The molecule has 0 saturated carbocycles. The standard InChI is InChI=1S/C14H19FN2O/c1-9-5-11(7-12(15)6-9)14(18)17-4-3-13(16)10(2)8-17/h5-7,10,13H,3-4,8,16H2,1-2H3. The fourth-order valence-corrected chi connectivity index (χ4v) is 2.39. The number of nitrogens with zero attached hydrogens (tertiary/aromatic N) is 1. The van der Waals surface area contributed by atoms with Gasteiger partial charge < -0.3 is 10.6 Å². The molecule has 98 valence electrons. The number of piperidine rings is 1. The molecule has 1 aliphatic rings. The van der Waals surface area contributed by atoms with E-state index in [4.69, 9.17) is 5.73 Å². The summed E-state index contributed by atoms with van der Waals surface area (Å²) >= 11 is 0. The minimum absolute atomic E-state index is 0.101. The first kappa shape index (κ1) is 13.0. The fourth-order valence-electron chi connectivity index (χ4n) is 2.39. The number of hydrogen-bond acceptors (Lipinski definition) is 2. The number of halogens is 1. The van der Waals surface area contributed by atoms with Gasteiger partial charge in [0, 0.05) is 24.7 Å². The van der Waals surface area contributed by atoms with Crippen molar-refractivity contribution in [3.05, 3.63) is 35.1 Å². The third kappa shape index (κ3) is 2.70. The predicted molar refractivity (Wildman–Crippen MR) is 68.8 cm³/mol. The van der Waals surface area contributed by atoms with Crippen molar-refractivity contribution in [2.24, 2.45) is 11.7 Å². The van der Waals surface area contributed by atoms with E-state index in [2.05, 4.69) is 0 Å². The van der Waals surface area contributed by atoms with Crippen molar-refractivity contribution in [2.75, 3.05) is 13.1 Å². The molecule has 2 N–H and O–H groups in total. The molecule has 0 aliphatic carbocycles. The molecule has 3 nitrogen and oxygen atoms in total. The summed E-state index contributed by atoms with van der Waals surface area (Å²) in [7, 11) is 0. The van der Waals surface area contributed by atoms with E-state index in [0.29, 0.717) is 18.7 Å². The molecular weight excluding hydrogens is 231 g/mol. The van der Waals surface area contributed by atoms with Crippen LogP contribution in [0.25, 0.3) is 0 Å². The van der Waals surface area contributed by atoms with Crippen LogP contribution in [0.15, 0.2) is 18.2 Å². The Hall–Kier alpha value is -1.42. The van der Waals surface area contributed by atoms with Gasteiger partial charge in [-0.05, 0) is 43.0 Å². The van der Waals surface area contributed by atoms with Crippen LogP contribution in [0.5, 0.6) is 0 Å². The Balaban J connectivity index is 2.16. The zero-order valence-corrected chi connectivity index (χ0v) is 10.8. The van der Waals surface area contributed by atoms with Crippen molar-refractivity contribution < 1.29 is 9.18 Å². The Morgan fingerprint density at radius 3 is 2.78 bits per heavy atom. The molecule has 1 saturated heterocycles. The summed E-state index contributed by atoms with van der Waals surface area (Å²) in [4.78, 5) is 14.0. The van der Waals surface area contributed by atoms with Crippen LogP contribution < -0.4 is 5.73 Å².